The molecule has 0 aliphatic rings. The highest BCUT2D eigenvalue weighted by Crippen LogP contribution is 2.15. The van der Waals surface area contributed by atoms with Crippen molar-refractivity contribution in [3.05, 3.63) is 58.9 Å². The molecule has 0 unspecified atom stereocenters. The number of aryl methyl sites for hydroxylation is 1. The van der Waals surface area contributed by atoms with E-state index in [9.17, 15) is 4.79 Å². The van der Waals surface area contributed by atoms with Crippen LogP contribution in [0.25, 0.3) is 0 Å². The molecule has 0 radical (unpaired) electrons. The zero-order valence-electron chi connectivity index (χ0n) is 11.1. The van der Waals surface area contributed by atoms with Crippen molar-refractivity contribution in [3.8, 4) is 0 Å². The normalized spacial score (nSPS) is 10.2. The minimum Gasteiger partial charge on any atom is -0.399 e. The smallest absolute Gasteiger partial charge is 0.253 e. The maximum atomic E-state index is 12.1. The molecule has 0 fully saturated rings. The molecule has 2 rings (SSSR count). The van der Waals surface area contributed by atoms with Gasteiger partial charge in [-0.2, -0.15) is 0 Å². The fourth-order valence-corrected chi connectivity index (χ4v) is 1.89. The summed E-state index contributed by atoms with van der Waals surface area (Å²) >= 11 is 0. The van der Waals surface area contributed by atoms with Crippen molar-refractivity contribution in [2.24, 2.45) is 0 Å². The van der Waals surface area contributed by atoms with Crippen molar-refractivity contribution in [2.45, 2.75) is 20.4 Å². The molecule has 0 saturated carbocycles. The number of benzene rings is 1. The minimum absolute atomic E-state index is 0.118. The molecule has 1 aromatic carbocycles. The van der Waals surface area contributed by atoms with E-state index in [0.717, 1.165) is 22.5 Å². The molecule has 0 bridgehead atoms. The van der Waals surface area contributed by atoms with Crippen molar-refractivity contribution in [1.82, 2.24) is 10.3 Å². The molecule has 0 aliphatic heterocycles. The maximum Gasteiger partial charge on any atom is 0.253 e. The Balaban J connectivity index is 2.09. The third kappa shape index (κ3) is 2.91. The number of carbonyl (C=O) groups excluding carboxylic acids is 1. The van der Waals surface area contributed by atoms with Gasteiger partial charge in [0.05, 0.1) is 5.56 Å². The topological polar surface area (TPSA) is 68.0 Å². The Morgan fingerprint density at radius 1 is 1.26 bits per heavy atom. The summed E-state index contributed by atoms with van der Waals surface area (Å²) in [5.74, 6) is -0.118. The summed E-state index contributed by atoms with van der Waals surface area (Å²) in [5.41, 5.74) is 9.94. The second-order valence-electron chi connectivity index (χ2n) is 4.45. The number of nitrogen functional groups attached to an aromatic ring is 1. The summed E-state index contributed by atoms with van der Waals surface area (Å²) in [6.45, 7) is 4.23. The van der Waals surface area contributed by atoms with Crippen LogP contribution in [0.3, 0.4) is 0 Å². The van der Waals surface area contributed by atoms with E-state index in [1.807, 2.05) is 32.0 Å². The number of pyridine rings is 1. The van der Waals surface area contributed by atoms with Gasteiger partial charge in [0.2, 0.25) is 0 Å². The average Bonchev–Trinajstić information content (AvgIpc) is 2.40. The molecular formula is C15H17N3O. The largest absolute Gasteiger partial charge is 0.399 e. The van der Waals surface area contributed by atoms with Crippen molar-refractivity contribution in [1.29, 1.82) is 0 Å². The lowest BCUT2D eigenvalue weighted by Crippen LogP contribution is -2.24. The summed E-state index contributed by atoms with van der Waals surface area (Å²) in [6.07, 6.45) is 1.67. The number of aromatic nitrogens is 1. The number of nitrogens with two attached hydrogens (primary N) is 1. The number of nitrogens with one attached hydrogen (secondary N) is 1. The lowest BCUT2D eigenvalue weighted by molar-refractivity contribution is 0.0950. The van der Waals surface area contributed by atoms with E-state index in [0.29, 0.717) is 12.1 Å². The summed E-state index contributed by atoms with van der Waals surface area (Å²) < 4.78 is 0. The Bertz CT molecular complexity index is 608. The van der Waals surface area contributed by atoms with Gasteiger partial charge < -0.3 is 11.1 Å². The maximum absolute atomic E-state index is 12.1. The quantitative estimate of drug-likeness (QED) is 0.826. The molecule has 98 valence electrons. The van der Waals surface area contributed by atoms with E-state index in [1.54, 1.807) is 18.3 Å². The van der Waals surface area contributed by atoms with E-state index in [-0.39, 0.29) is 5.91 Å². The van der Waals surface area contributed by atoms with Crippen LogP contribution < -0.4 is 11.1 Å². The number of carbonyl (C=O) groups is 1. The van der Waals surface area contributed by atoms with Crippen molar-refractivity contribution < 1.29 is 4.79 Å². The van der Waals surface area contributed by atoms with Gasteiger partial charge in [-0.25, -0.2) is 0 Å². The second-order valence-corrected chi connectivity index (χ2v) is 4.45. The standard InChI is InChI=1S/C15H17N3O/c1-10-12(5-3-7-14(10)16)9-18-15(19)13-6-4-8-17-11(13)2/h3-8H,9,16H2,1-2H3,(H,18,19). The van der Waals surface area contributed by atoms with Crippen LogP contribution in [0, 0.1) is 13.8 Å². The first kappa shape index (κ1) is 13.1. The van der Waals surface area contributed by atoms with Gasteiger partial charge in [-0.15, -0.1) is 0 Å². The van der Waals surface area contributed by atoms with Gasteiger partial charge in [0.1, 0.15) is 0 Å². The van der Waals surface area contributed by atoms with Gasteiger partial charge in [-0.05, 0) is 43.2 Å². The van der Waals surface area contributed by atoms with E-state index < -0.39 is 0 Å². The van der Waals surface area contributed by atoms with E-state index in [4.69, 9.17) is 5.73 Å². The van der Waals surface area contributed by atoms with Crippen LogP contribution in [-0.4, -0.2) is 10.9 Å². The molecule has 2 aromatic rings. The van der Waals surface area contributed by atoms with E-state index >= 15 is 0 Å². The van der Waals surface area contributed by atoms with Crippen LogP contribution in [0.1, 0.15) is 27.2 Å². The molecule has 4 heteroatoms. The minimum atomic E-state index is -0.118. The number of hydrogen-bond acceptors (Lipinski definition) is 3. The van der Waals surface area contributed by atoms with Crippen LogP contribution in [-0.2, 0) is 6.54 Å². The molecule has 1 heterocycles. The Hall–Kier alpha value is -2.36. The van der Waals surface area contributed by atoms with Crippen LogP contribution in [0.4, 0.5) is 5.69 Å². The highest BCUT2D eigenvalue weighted by molar-refractivity contribution is 5.95. The first-order chi connectivity index (χ1) is 9.09. The first-order valence-electron chi connectivity index (χ1n) is 6.13. The van der Waals surface area contributed by atoms with E-state index in [2.05, 4.69) is 10.3 Å². The molecule has 0 atom stereocenters. The predicted molar refractivity (Wildman–Crippen MR) is 75.7 cm³/mol. The van der Waals surface area contributed by atoms with Crippen LogP contribution in [0.15, 0.2) is 36.5 Å². The molecule has 0 saturated heterocycles. The molecule has 1 aromatic heterocycles. The molecule has 0 aliphatic carbocycles. The molecule has 19 heavy (non-hydrogen) atoms. The van der Waals surface area contributed by atoms with Gasteiger partial charge in [-0.1, -0.05) is 12.1 Å². The summed E-state index contributed by atoms with van der Waals surface area (Å²) in [7, 11) is 0. The molecule has 0 spiro atoms. The molecule has 3 N–H and O–H groups in total. The van der Waals surface area contributed by atoms with Crippen molar-refractivity contribution in [2.75, 3.05) is 5.73 Å². The highest BCUT2D eigenvalue weighted by atomic mass is 16.1. The zero-order chi connectivity index (χ0) is 13.8. The van der Waals surface area contributed by atoms with Crippen molar-refractivity contribution in [3.63, 3.8) is 0 Å². The third-order valence-corrected chi connectivity index (χ3v) is 3.18. The van der Waals surface area contributed by atoms with Gasteiger partial charge in [0.15, 0.2) is 0 Å². The average molecular weight is 255 g/mol. The number of amides is 1. The lowest BCUT2D eigenvalue weighted by atomic mass is 10.1. The fraction of sp³-hybridized carbons (Fsp3) is 0.200. The van der Waals surface area contributed by atoms with Gasteiger partial charge in [-0.3, -0.25) is 9.78 Å². The first-order valence-corrected chi connectivity index (χ1v) is 6.13. The van der Waals surface area contributed by atoms with E-state index in [1.165, 1.54) is 0 Å². The molecule has 4 nitrogen and oxygen atoms in total. The SMILES string of the molecule is Cc1ncccc1C(=O)NCc1cccc(N)c1C. The Morgan fingerprint density at radius 2 is 2.05 bits per heavy atom. The monoisotopic (exact) mass is 255 g/mol. The number of anilines is 1. The second kappa shape index (κ2) is 5.52. The number of rotatable bonds is 3. The summed E-state index contributed by atoms with van der Waals surface area (Å²) in [6, 6.07) is 9.23. The summed E-state index contributed by atoms with van der Waals surface area (Å²) in [5, 5.41) is 2.89. The lowest BCUT2D eigenvalue weighted by Gasteiger charge is -2.10. The van der Waals surface area contributed by atoms with Gasteiger partial charge in [0, 0.05) is 24.1 Å². The molecule has 1 amide bonds. The van der Waals surface area contributed by atoms with Crippen molar-refractivity contribution >= 4 is 11.6 Å². The summed E-state index contributed by atoms with van der Waals surface area (Å²) in [4.78, 5) is 16.2. The predicted octanol–water partition coefficient (Wildman–Crippen LogP) is 2.21. The number of hydrogen-bond donors (Lipinski definition) is 2. The molecular weight excluding hydrogens is 238 g/mol. The van der Waals surface area contributed by atoms with Crippen LogP contribution in [0.2, 0.25) is 0 Å². The van der Waals surface area contributed by atoms with Gasteiger partial charge in [0.25, 0.3) is 5.91 Å². The highest BCUT2D eigenvalue weighted by Gasteiger charge is 2.09. The van der Waals surface area contributed by atoms with Crippen LogP contribution >= 0.6 is 0 Å². The van der Waals surface area contributed by atoms with Crippen LogP contribution in [0.5, 0.6) is 0 Å². The Labute approximate surface area is 112 Å². The zero-order valence-corrected chi connectivity index (χ0v) is 11.1. The Morgan fingerprint density at radius 3 is 2.79 bits per heavy atom. The third-order valence-electron chi connectivity index (χ3n) is 3.18. The fourth-order valence-electron chi connectivity index (χ4n) is 1.89. The Kier molecular flexibility index (Phi) is 3.80. The number of nitrogens with zero attached hydrogens (tertiary/aromatic N) is 1. The van der Waals surface area contributed by atoms with Gasteiger partial charge >= 0.3 is 0 Å².